The van der Waals surface area contributed by atoms with E-state index in [0.29, 0.717) is 6.61 Å². The molecule has 0 heterocycles. The highest BCUT2D eigenvalue weighted by atomic mass is 79.9. The van der Waals surface area contributed by atoms with E-state index in [1.54, 1.807) is 0 Å². The van der Waals surface area contributed by atoms with Crippen molar-refractivity contribution in [1.29, 1.82) is 0 Å². The fourth-order valence-electron chi connectivity index (χ4n) is 2.14. The third kappa shape index (κ3) is 3.84. The van der Waals surface area contributed by atoms with E-state index in [4.69, 9.17) is 10.5 Å². The molecule has 0 amide bonds. The van der Waals surface area contributed by atoms with Crippen molar-refractivity contribution in [3.8, 4) is 5.75 Å². The van der Waals surface area contributed by atoms with E-state index in [9.17, 15) is 0 Å². The SMILES string of the molecule is Cc1ccccc1COc1c(Br)cccc1CC(C)N. The summed E-state index contributed by atoms with van der Waals surface area (Å²) in [5.74, 6) is 0.896. The van der Waals surface area contributed by atoms with Gasteiger partial charge in [0.2, 0.25) is 0 Å². The summed E-state index contributed by atoms with van der Waals surface area (Å²) < 4.78 is 7.01. The molecular weight excluding hydrogens is 314 g/mol. The second kappa shape index (κ2) is 6.91. The van der Waals surface area contributed by atoms with Gasteiger partial charge in [-0.3, -0.25) is 0 Å². The van der Waals surface area contributed by atoms with E-state index in [2.05, 4.69) is 41.1 Å². The van der Waals surface area contributed by atoms with Crippen molar-refractivity contribution in [2.24, 2.45) is 5.73 Å². The summed E-state index contributed by atoms with van der Waals surface area (Å²) in [5, 5.41) is 0. The number of rotatable bonds is 5. The molecule has 2 N–H and O–H groups in total. The van der Waals surface area contributed by atoms with E-state index < -0.39 is 0 Å². The Bertz CT molecular complexity index is 581. The van der Waals surface area contributed by atoms with Crippen LogP contribution in [0.2, 0.25) is 0 Å². The lowest BCUT2D eigenvalue weighted by molar-refractivity contribution is 0.299. The predicted molar refractivity (Wildman–Crippen MR) is 87.0 cm³/mol. The first-order chi connectivity index (χ1) is 9.58. The minimum Gasteiger partial charge on any atom is -0.487 e. The molecule has 0 aliphatic carbocycles. The zero-order chi connectivity index (χ0) is 14.5. The molecular formula is C17H20BrNO. The molecule has 0 saturated heterocycles. The molecule has 1 unspecified atom stereocenters. The van der Waals surface area contributed by atoms with Crippen LogP contribution in [0.15, 0.2) is 46.9 Å². The Morgan fingerprint density at radius 3 is 2.50 bits per heavy atom. The van der Waals surface area contributed by atoms with Crippen molar-refractivity contribution >= 4 is 15.9 Å². The molecule has 0 aliphatic heterocycles. The van der Waals surface area contributed by atoms with E-state index in [0.717, 1.165) is 22.2 Å². The molecule has 0 radical (unpaired) electrons. The fourth-order valence-corrected chi connectivity index (χ4v) is 2.67. The minimum atomic E-state index is 0.116. The number of para-hydroxylation sites is 1. The van der Waals surface area contributed by atoms with Crippen LogP contribution in [-0.2, 0) is 13.0 Å². The van der Waals surface area contributed by atoms with Gasteiger partial charge in [-0.25, -0.2) is 0 Å². The number of hydrogen-bond acceptors (Lipinski definition) is 2. The first kappa shape index (κ1) is 15.1. The normalized spacial score (nSPS) is 12.2. The van der Waals surface area contributed by atoms with Crippen LogP contribution in [0, 0.1) is 6.92 Å². The van der Waals surface area contributed by atoms with Gasteiger partial charge >= 0.3 is 0 Å². The third-order valence-corrected chi connectivity index (χ3v) is 3.85. The molecule has 1 atom stereocenters. The van der Waals surface area contributed by atoms with E-state index in [1.807, 2.05) is 31.2 Å². The predicted octanol–water partition coefficient (Wildman–Crippen LogP) is 4.23. The van der Waals surface area contributed by atoms with Gasteiger partial charge in [0.1, 0.15) is 12.4 Å². The van der Waals surface area contributed by atoms with Gasteiger partial charge in [0.05, 0.1) is 4.47 Å². The summed E-state index contributed by atoms with van der Waals surface area (Å²) in [6.45, 7) is 4.68. The Kier molecular flexibility index (Phi) is 5.21. The maximum atomic E-state index is 6.03. The molecule has 3 heteroatoms. The largest absolute Gasteiger partial charge is 0.487 e. The van der Waals surface area contributed by atoms with Gasteiger partial charge in [0, 0.05) is 6.04 Å². The van der Waals surface area contributed by atoms with Crippen LogP contribution < -0.4 is 10.5 Å². The fraction of sp³-hybridized carbons (Fsp3) is 0.294. The summed E-state index contributed by atoms with van der Waals surface area (Å²) in [4.78, 5) is 0. The van der Waals surface area contributed by atoms with Crippen molar-refractivity contribution in [3.63, 3.8) is 0 Å². The Hall–Kier alpha value is -1.32. The highest BCUT2D eigenvalue weighted by molar-refractivity contribution is 9.10. The molecule has 20 heavy (non-hydrogen) atoms. The Balaban J connectivity index is 2.18. The maximum Gasteiger partial charge on any atom is 0.137 e. The zero-order valence-electron chi connectivity index (χ0n) is 11.9. The van der Waals surface area contributed by atoms with Gasteiger partial charge in [-0.15, -0.1) is 0 Å². The Morgan fingerprint density at radius 2 is 1.80 bits per heavy atom. The summed E-state index contributed by atoms with van der Waals surface area (Å²) in [7, 11) is 0. The van der Waals surface area contributed by atoms with Crippen LogP contribution in [-0.4, -0.2) is 6.04 Å². The Labute approximate surface area is 129 Å². The lowest BCUT2D eigenvalue weighted by atomic mass is 10.1. The lowest BCUT2D eigenvalue weighted by Crippen LogP contribution is -2.18. The molecule has 2 aromatic rings. The van der Waals surface area contributed by atoms with Gasteiger partial charge in [-0.2, -0.15) is 0 Å². The third-order valence-electron chi connectivity index (χ3n) is 3.22. The van der Waals surface area contributed by atoms with Gasteiger partial charge in [0.15, 0.2) is 0 Å². The van der Waals surface area contributed by atoms with Crippen molar-refractivity contribution in [2.45, 2.75) is 32.9 Å². The van der Waals surface area contributed by atoms with Crippen molar-refractivity contribution < 1.29 is 4.74 Å². The van der Waals surface area contributed by atoms with E-state index in [-0.39, 0.29) is 6.04 Å². The average Bonchev–Trinajstić information content (AvgIpc) is 2.39. The smallest absolute Gasteiger partial charge is 0.137 e. The molecule has 2 rings (SSSR count). The zero-order valence-corrected chi connectivity index (χ0v) is 13.5. The summed E-state index contributed by atoms with van der Waals surface area (Å²) >= 11 is 3.56. The number of halogens is 1. The Morgan fingerprint density at radius 1 is 1.10 bits per heavy atom. The van der Waals surface area contributed by atoms with Gasteiger partial charge in [-0.05, 0) is 59.0 Å². The number of hydrogen-bond donors (Lipinski definition) is 1. The molecule has 0 fully saturated rings. The van der Waals surface area contributed by atoms with Crippen molar-refractivity contribution in [2.75, 3.05) is 0 Å². The molecule has 0 saturated carbocycles. The number of benzene rings is 2. The van der Waals surface area contributed by atoms with Crippen molar-refractivity contribution in [1.82, 2.24) is 0 Å². The molecule has 0 bridgehead atoms. The van der Waals surface area contributed by atoms with Crippen LogP contribution in [0.1, 0.15) is 23.6 Å². The summed E-state index contributed by atoms with van der Waals surface area (Å²) in [5.41, 5.74) is 9.49. The van der Waals surface area contributed by atoms with E-state index in [1.165, 1.54) is 11.1 Å². The first-order valence-corrected chi connectivity index (χ1v) is 7.57. The van der Waals surface area contributed by atoms with E-state index >= 15 is 0 Å². The first-order valence-electron chi connectivity index (χ1n) is 6.78. The van der Waals surface area contributed by atoms with Gasteiger partial charge in [-0.1, -0.05) is 36.4 Å². The maximum absolute atomic E-state index is 6.03. The van der Waals surface area contributed by atoms with Crippen LogP contribution >= 0.6 is 15.9 Å². The molecule has 2 nitrogen and oxygen atoms in total. The topological polar surface area (TPSA) is 35.2 Å². The van der Waals surface area contributed by atoms with Crippen LogP contribution in [0.25, 0.3) is 0 Å². The van der Waals surface area contributed by atoms with Crippen molar-refractivity contribution in [3.05, 3.63) is 63.6 Å². The second-order valence-corrected chi connectivity index (χ2v) is 5.98. The molecule has 0 aromatic heterocycles. The quantitative estimate of drug-likeness (QED) is 0.888. The van der Waals surface area contributed by atoms with Crippen LogP contribution in [0.4, 0.5) is 0 Å². The molecule has 0 aliphatic rings. The number of aryl methyl sites for hydroxylation is 1. The van der Waals surface area contributed by atoms with Gasteiger partial charge < -0.3 is 10.5 Å². The second-order valence-electron chi connectivity index (χ2n) is 5.12. The highest BCUT2D eigenvalue weighted by Crippen LogP contribution is 2.30. The standard InChI is InChI=1S/C17H20BrNO/c1-12-6-3-4-7-15(12)11-20-17-14(10-13(2)19)8-5-9-16(17)18/h3-9,13H,10-11,19H2,1-2H3. The van der Waals surface area contributed by atoms with Crippen LogP contribution in [0.3, 0.4) is 0 Å². The summed E-state index contributed by atoms with van der Waals surface area (Å²) in [6.07, 6.45) is 0.808. The molecule has 0 spiro atoms. The van der Waals surface area contributed by atoms with Gasteiger partial charge in [0.25, 0.3) is 0 Å². The lowest BCUT2D eigenvalue weighted by Gasteiger charge is -2.15. The highest BCUT2D eigenvalue weighted by Gasteiger charge is 2.10. The monoisotopic (exact) mass is 333 g/mol. The number of nitrogens with two attached hydrogens (primary N) is 1. The van der Waals surface area contributed by atoms with Crippen LogP contribution in [0.5, 0.6) is 5.75 Å². The molecule has 106 valence electrons. The molecule has 2 aromatic carbocycles. The average molecular weight is 334 g/mol. The summed E-state index contributed by atoms with van der Waals surface area (Å²) in [6, 6.07) is 14.5. The number of ether oxygens (including phenoxy) is 1. The minimum absolute atomic E-state index is 0.116.